The van der Waals surface area contributed by atoms with E-state index in [0.29, 0.717) is 24.6 Å². The van der Waals surface area contributed by atoms with Crippen LogP contribution < -0.4 is 4.74 Å². The zero-order valence-corrected chi connectivity index (χ0v) is 17.0. The van der Waals surface area contributed by atoms with Crippen molar-refractivity contribution in [2.75, 3.05) is 33.3 Å². The van der Waals surface area contributed by atoms with E-state index in [9.17, 15) is 4.79 Å². The molecule has 4 rings (SSSR count). The van der Waals surface area contributed by atoms with Crippen molar-refractivity contribution in [3.8, 4) is 17.1 Å². The van der Waals surface area contributed by atoms with Crippen LogP contribution in [0.25, 0.3) is 11.4 Å². The normalized spacial score (nSPS) is 14.6. The number of carbonyl (C=O) groups excluding carboxylic acids is 1. The van der Waals surface area contributed by atoms with Crippen molar-refractivity contribution in [3.63, 3.8) is 0 Å². The van der Waals surface area contributed by atoms with Crippen molar-refractivity contribution in [3.05, 3.63) is 60.2 Å². The molecule has 0 saturated carbocycles. The Morgan fingerprint density at radius 2 is 1.90 bits per heavy atom. The minimum absolute atomic E-state index is 0.122. The molecule has 0 aliphatic carbocycles. The minimum atomic E-state index is 0.122. The second kappa shape index (κ2) is 9.49. The first kappa shape index (κ1) is 20.0. The highest BCUT2D eigenvalue weighted by Gasteiger charge is 2.22. The Kier molecular flexibility index (Phi) is 6.34. The van der Waals surface area contributed by atoms with Crippen LogP contribution in [0.15, 0.2) is 53.2 Å². The number of amides is 1. The number of aryl methyl sites for hydroxylation is 1. The summed E-state index contributed by atoms with van der Waals surface area (Å²) in [5.74, 6) is 1.89. The SMILES string of the molecule is COc1ccc(-c2noc(CCC(=O)N3CCN(Cc4ccccn4)CC3)n2)cc1. The molecule has 0 radical (unpaired) electrons. The lowest BCUT2D eigenvalue weighted by atomic mass is 10.2. The van der Waals surface area contributed by atoms with E-state index in [2.05, 4.69) is 20.0 Å². The molecule has 0 atom stereocenters. The van der Waals surface area contributed by atoms with Crippen molar-refractivity contribution in [1.82, 2.24) is 24.9 Å². The molecule has 1 aliphatic rings. The molecule has 0 N–H and O–H groups in total. The second-order valence-corrected chi connectivity index (χ2v) is 7.22. The van der Waals surface area contributed by atoms with Crippen molar-refractivity contribution in [2.45, 2.75) is 19.4 Å². The van der Waals surface area contributed by atoms with Gasteiger partial charge in [0.25, 0.3) is 0 Å². The van der Waals surface area contributed by atoms with Crippen LogP contribution in [0, 0.1) is 0 Å². The van der Waals surface area contributed by atoms with Crippen LogP contribution in [-0.4, -0.2) is 64.1 Å². The second-order valence-electron chi connectivity index (χ2n) is 7.22. The maximum atomic E-state index is 12.6. The monoisotopic (exact) mass is 407 g/mol. The van der Waals surface area contributed by atoms with Gasteiger partial charge in [0.15, 0.2) is 0 Å². The minimum Gasteiger partial charge on any atom is -0.497 e. The Hall–Kier alpha value is -3.26. The van der Waals surface area contributed by atoms with Gasteiger partial charge in [-0.3, -0.25) is 14.7 Å². The van der Waals surface area contributed by atoms with Crippen LogP contribution in [0.1, 0.15) is 18.0 Å². The molecule has 8 heteroatoms. The molecule has 1 fully saturated rings. The molecule has 0 unspecified atom stereocenters. The Labute approximate surface area is 175 Å². The largest absolute Gasteiger partial charge is 0.497 e. The van der Waals surface area contributed by atoms with E-state index in [1.54, 1.807) is 7.11 Å². The van der Waals surface area contributed by atoms with Gasteiger partial charge in [-0.2, -0.15) is 4.98 Å². The third kappa shape index (κ3) is 5.01. The molecule has 30 heavy (non-hydrogen) atoms. The Balaban J connectivity index is 1.24. The summed E-state index contributed by atoms with van der Waals surface area (Å²) in [4.78, 5) is 25.6. The highest BCUT2D eigenvalue weighted by Crippen LogP contribution is 2.20. The highest BCUT2D eigenvalue weighted by atomic mass is 16.5. The molecule has 2 aromatic heterocycles. The smallest absolute Gasteiger partial charge is 0.227 e. The van der Waals surface area contributed by atoms with Gasteiger partial charge in [0.1, 0.15) is 5.75 Å². The van der Waals surface area contributed by atoms with Crippen molar-refractivity contribution in [2.24, 2.45) is 0 Å². The number of methoxy groups -OCH3 is 1. The molecule has 8 nitrogen and oxygen atoms in total. The molecule has 0 spiro atoms. The van der Waals surface area contributed by atoms with Gasteiger partial charge in [0, 0.05) is 57.3 Å². The lowest BCUT2D eigenvalue weighted by Crippen LogP contribution is -2.48. The molecule has 3 heterocycles. The standard InChI is InChI=1S/C22H25N5O3/c1-29-19-7-5-17(6-8-19)22-24-20(30-25-22)9-10-21(28)27-14-12-26(13-15-27)16-18-4-2-3-11-23-18/h2-8,11H,9-10,12-16H2,1H3. The fraction of sp³-hybridized carbons (Fsp3) is 0.364. The predicted molar refractivity (Wildman–Crippen MR) is 111 cm³/mol. The third-order valence-electron chi connectivity index (χ3n) is 5.21. The molecule has 1 aliphatic heterocycles. The number of carbonyl (C=O) groups is 1. The van der Waals surface area contributed by atoms with Crippen LogP contribution in [0.2, 0.25) is 0 Å². The maximum Gasteiger partial charge on any atom is 0.227 e. The van der Waals surface area contributed by atoms with E-state index in [1.807, 2.05) is 53.6 Å². The maximum absolute atomic E-state index is 12.6. The number of hydrogen-bond acceptors (Lipinski definition) is 7. The molecule has 1 aromatic carbocycles. The number of pyridine rings is 1. The molecule has 1 amide bonds. The van der Waals surface area contributed by atoms with Gasteiger partial charge < -0.3 is 14.2 Å². The van der Waals surface area contributed by atoms with Gasteiger partial charge in [-0.25, -0.2) is 0 Å². The quantitative estimate of drug-likeness (QED) is 0.595. The molecule has 1 saturated heterocycles. The Morgan fingerprint density at radius 1 is 1.10 bits per heavy atom. The van der Waals surface area contributed by atoms with E-state index in [1.165, 1.54) is 0 Å². The topological polar surface area (TPSA) is 84.6 Å². The first-order valence-electron chi connectivity index (χ1n) is 10.1. The van der Waals surface area contributed by atoms with Crippen LogP contribution >= 0.6 is 0 Å². The number of benzene rings is 1. The molecule has 156 valence electrons. The molecule has 0 bridgehead atoms. The molecule has 3 aromatic rings. The number of nitrogens with zero attached hydrogens (tertiary/aromatic N) is 5. The number of piperazine rings is 1. The van der Waals surface area contributed by atoms with E-state index in [0.717, 1.165) is 49.7 Å². The van der Waals surface area contributed by atoms with Gasteiger partial charge in [-0.1, -0.05) is 11.2 Å². The third-order valence-corrected chi connectivity index (χ3v) is 5.21. The number of aromatic nitrogens is 3. The van der Waals surface area contributed by atoms with Gasteiger partial charge >= 0.3 is 0 Å². The molecular weight excluding hydrogens is 382 g/mol. The summed E-state index contributed by atoms with van der Waals surface area (Å²) in [5.41, 5.74) is 1.91. The first-order valence-corrected chi connectivity index (χ1v) is 10.1. The van der Waals surface area contributed by atoms with Gasteiger partial charge in [0.05, 0.1) is 12.8 Å². The van der Waals surface area contributed by atoms with Crippen LogP contribution in [-0.2, 0) is 17.8 Å². The first-order chi connectivity index (χ1) is 14.7. The summed E-state index contributed by atoms with van der Waals surface area (Å²) < 4.78 is 10.5. The summed E-state index contributed by atoms with van der Waals surface area (Å²) in [6.45, 7) is 3.98. The summed E-state index contributed by atoms with van der Waals surface area (Å²) in [5, 5.41) is 4.02. The van der Waals surface area contributed by atoms with Crippen molar-refractivity contribution >= 4 is 5.91 Å². The fourth-order valence-corrected chi connectivity index (χ4v) is 3.46. The molecular formula is C22H25N5O3. The van der Waals surface area contributed by atoms with Gasteiger partial charge in [-0.05, 0) is 36.4 Å². The summed E-state index contributed by atoms with van der Waals surface area (Å²) in [6, 6.07) is 13.4. The summed E-state index contributed by atoms with van der Waals surface area (Å²) in [7, 11) is 1.62. The fourth-order valence-electron chi connectivity index (χ4n) is 3.46. The number of ether oxygens (including phenoxy) is 1. The van der Waals surface area contributed by atoms with E-state index < -0.39 is 0 Å². The zero-order chi connectivity index (χ0) is 20.8. The number of rotatable bonds is 7. The Bertz CT molecular complexity index is 950. The van der Waals surface area contributed by atoms with Crippen LogP contribution in [0.5, 0.6) is 5.75 Å². The zero-order valence-electron chi connectivity index (χ0n) is 17.0. The van der Waals surface area contributed by atoms with Crippen LogP contribution in [0.3, 0.4) is 0 Å². The average molecular weight is 407 g/mol. The predicted octanol–water partition coefficient (Wildman–Crippen LogP) is 2.42. The lowest BCUT2D eigenvalue weighted by molar-refractivity contribution is -0.133. The number of hydrogen-bond donors (Lipinski definition) is 0. The van der Waals surface area contributed by atoms with Crippen molar-refractivity contribution < 1.29 is 14.1 Å². The van der Waals surface area contributed by atoms with Gasteiger partial charge in [0.2, 0.25) is 17.6 Å². The lowest BCUT2D eigenvalue weighted by Gasteiger charge is -2.34. The Morgan fingerprint density at radius 3 is 2.60 bits per heavy atom. The van der Waals surface area contributed by atoms with E-state index in [4.69, 9.17) is 9.26 Å². The van der Waals surface area contributed by atoms with Gasteiger partial charge in [-0.15, -0.1) is 0 Å². The highest BCUT2D eigenvalue weighted by molar-refractivity contribution is 5.76. The van der Waals surface area contributed by atoms with Crippen LogP contribution in [0.4, 0.5) is 0 Å². The average Bonchev–Trinajstić information content (AvgIpc) is 3.28. The summed E-state index contributed by atoms with van der Waals surface area (Å²) >= 11 is 0. The summed E-state index contributed by atoms with van der Waals surface area (Å²) in [6.07, 6.45) is 2.62. The van der Waals surface area contributed by atoms with Crippen molar-refractivity contribution in [1.29, 1.82) is 0 Å². The van der Waals surface area contributed by atoms with E-state index >= 15 is 0 Å². The van der Waals surface area contributed by atoms with E-state index in [-0.39, 0.29) is 5.91 Å².